The minimum absolute atomic E-state index is 0.0230. The van der Waals surface area contributed by atoms with Crippen LogP contribution in [-0.2, 0) is 26.0 Å². The monoisotopic (exact) mass is 390 g/mol. The molecular formula is C19H22N2O5S. The Morgan fingerprint density at radius 3 is 2.30 bits per heavy atom. The van der Waals surface area contributed by atoms with Gasteiger partial charge < -0.3 is 10.1 Å². The summed E-state index contributed by atoms with van der Waals surface area (Å²) in [5, 5.41) is 2.68. The van der Waals surface area contributed by atoms with Crippen molar-refractivity contribution in [2.24, 2.45) is 0 Å². The second kappa shape index (κ2) is 8.68. The number of hydrogen-bond donors (Lipinski definition) is 2. The van der Waals surface area contributed by atoms with Gasteiger partial charge >= 0.3 is 5.97 Å². The van der Waals surface area contributed by atoms with E-state index in [1.807, 2.05) is 19.1 Å². The molecule has 2 aromatic rings. The van der Waals surface area contributed by atoms with Crippen LogP contribution in [0.25, 0.3) is 0 Å². The number of amides is 1. The minimum Gasteiger partial charge on any atom is -0.449 e. The molecular weight excluding hydrogens is 368 g/mol. The second-order valence-corrected chi connectivity index (χ2v) is 7.76. The van der Waals surface area contributed by atoms with Crippen LogP contribution in [0.5, 0.6) is 0 Å². The van der Waals surface area contributed by atoms with Crippen LogP contribution >= 0.6 is 0 Å². The Bertz CT molecular complexity index is 923. The fraction of sp³-hybridized carbons (Fsp3) is 0.263. The maximum Gasteiger partial charge on any atom is 0.341 e. The smallest absolute Gasteiger partial charge is 0.341 e. The molecule has 0 aliphatic heterocycles. The lowest BCUT2D eigenvalue weighted by atomic mass is 10.1. The maximum absolute atomic E-state index is 12.4. The zero-order chi connectivity index (χ0) is 20.0. The van der Waals surface area contributed by atoms with Crippen LogP contribution in [0.15, 0.2) is 48.5 Å². The molecule has 144 valence electrons. The van der Waals surface area contributed by atoms with Crippen molar-refractivity contribution in [2.75, 3.05) is 16.3 Å². The number of para-hydroxylation sites is 1. The molecule has 7 nitrogen and oxygen atoms in total. The van der Waals surface area contributed by atoms with E-state index in [4.69, 9.17) is 4.74 Å². The van der Waals surface area contributed by atoms with Gasteiger partial charge in [-0.2, -0.15) is 0 Å². The Morgan fingerprint density at radius 2 is 1.70 bits per heavy atom. The lowest BCUT2D eigenvalue weighted by Crippen LogP contribution is -2.30. The lowest BCUT2D eigenvalue weighted by molar-refractivity contribution is -0.123. The maximum atomic E-state index is 12.4. The van der Waals surface area contributed by atoms with Crippen LogP contribution in [0.1, 0.15) is 29.8 Å². The number of rotatable bonds is 7. The number of esters is 1. The van der Waals surface area contributed by atoms with E-state index < -0.39 is 28.0 Å². The third-order valence-electron chi connectivity index (χ3n) is 3.73. The third-order valence-corrected chi connectivity index (χ3v) is 4.32. The normalized spacial score (nSPS) is 12.1. The predicted octanol–water partition coefficient (Wildman–Crippen LogP) is 2.80. The Kier molecular flexibility index (Phi) is 6.57. The zero-order valence-electron chi connectivity index (χ0n) is 15.4. The number of anilines is 2. The molecule has 0 fully saturated rings. The number of hydrogen-bond acceptors (Lipinski definition) is 5. The number of sulfonamides is 1. The van der Waals surface area contributed by atoms with Crippen LogP contribution in [0.4, 0.5) is 11.4 Å². The first kappa shape index (κ1) is 20.4. The van der Waals surface area contributed by atoms with Gasteiger partial charge in [0.05, 0.1) is 17.5 Å². The van der Waals surface area contributed by atoms with Gasteiger partial charge in [-0.3, -0.25) is 9.52 Å². The Morgan fingerprint density at radius 1 is 1.07 bits per heavy atom. The highest BCUT2D eigenvalue weighted by atomic mass is 32.2. The molecule has 0 heterocycles. The molecule has 0 unspecified atom stereocenters. The first-order valence-electron chi connectivity index (χ1n) is 8.37. The number of aryl methyl sites for hydroxylation is 1. The molecule has 2 rings (SSSR count). The highest BCUT2D eigenvalue weighted by Gasteiger charge is 2.21. The summed E-state index contributed by atoms with van der Waals surface area (Å²) in [7, 11) is -3.56. The van der Waals surface area contributed by atoms with E-state index in [1.165, 1.54) is 19.1 Å². The molecule has 1 amide bonds. The Hall–Kier alpha value is -2.87. The number of ether oxygens (including phenoxy) is 1. The fourth-order valence-electron chi connectivity index (χ4n) is 2.30. The van der Waals surface area contributed by atoms with Crippen LogP contribution in [0.3, 0.4) is 0 Å². The van der Waals surface area contributed by atoms with Gasteiger partial charge in [0.25, 0.3) is 5.91 Å². The van der Waals surface area contributed by atoms with Crippen molar-refractivity contribution in [2.45, 2.75) is 26.4 Å². The van der Waals surface area contributed by atoms with E-state index in [1.54, 1.807) is 24.3 Å². The lowest BCUT2D eigenvalue weighted by Gasteiger charge is -2.15. The molecule has 0 spiro atoms. The third kappa shape index (κ3) is 6.10. The van der Waals surface area contributed by atoms with Gasteiger partial charge in [-0.1, -0.05) is 31.2 Å². The summed E-state index contributed by atoms with van der Waals surface area (Å²) in [6.45, 7) is 3.48. The van der Waals surface area contributed by atoms with Crippen molar-refractivity contribution in [1.29, 1.82) is 0 Å². The summed E-state index contributed by atoms with van der Waals surface area (Å²) < 4.78 is 30.3. The van der Waals surface area contributed by atoms with Crippen LogP contribution in [0.2, 0.25) is 0 Å². The van der Waals surface area contributed by atoms with Gasteiger partial charge in [-0.15, -0.1) is 0 Å². The van der Waals surface area contributed by atoms with Gasteiger partial charge in [0.15, 0.2) is 6.10 Å². The molecule has 0 radical (unpaired) electrons. The summed E-state index contributed by atoms with van der Waals surface area (Å²) in [5.74, 6) is -1.29. The van der Waals surface area contributed by atoms with Crippen molar-refractivity contribution in [3.8, 4) is 0 Å². The molecule has 0 aliphatic carbocycles. The number of nitrogens with one attached hydrogen (secondary N) is 2. The van der Waals surface area contributed by atoms with E-state index in [-0.39, 0.29) is 11.3 Å². The number of carbonyl (C=O) groups is 2. The number of benzene rings is 2. The molecule has 0 aliphatic rings. The average Bonchev–Trinajstić information content (AvgIpc) is 2.61. The highest BCUT2D eigenvalue weighted by molar-refractivity contribution is 7.92. The predicted molar refractivity (Wildman–Crippen MR) is 104 cm³/mol. The summed E-state index contributed by atoms with van der Waals surface area (Å²) in [5.41, 5.74) is 1.85. The van der Waals surface area contributed by atoms with E-state index in [2.05, 4.69) is 10.0 Å². The van der Waals surface area contributed by atoms with Gasteiger partial charge in [0, 0.05) is 5.69 Å². The Balaban J connectivity index is 2.05. The largest absolute Gasteiger partial charge is 0.449 e. The van der Waals surface area contributed by atoms with E-state index >= 15 is 0 Å². The van der Waals surface area contributed by atoms with Crippen molar-refractivity contribution in [3.63, 3.8) is 0 Å². The van der Waals surface area contributed by atoms with Crippen molar-refractivity contribution in [1.82, 2.24) is 0 Å². The first-order valence-corrected chi connectivity index (χ1v) is 10.3. The SMILES string of the molecule is CCc1ccc(NC(=O)[C@@H](C)OC(=O)c2ccccc2NS(C)(=O)=O)cc1. The van der Waals surface area contributed by atoms with Gasteiger partial charge in [0.1, 0.15) is 0 Å². The van der Waals surface area contributed by atoms with Crippen LogP contribution < -0.4 is 10.0 Å². The van der Waals surface area contributed by atoms with E-state index in [9.17, 15) is 18.0 Å². The molecule has 8 heteroatoms. The summed E-state index contributed by atoms with van der Waals surface area (Å²) in [6.07, 6.45) is 0.813. The van der Waals surface area contributed by atoms with Crippen LogP contribution in [-0.4, -0.2) is 32.7 Å². The summed E-state index contributed by atoms with van der Waals surface area (Å²) in [6, 6.07) is 13.4. The molecule has 0 saturated carbocycles. The zero-order valence-corrected chi connectivity index (χ0v) is 16.2. The molecule has 1 atom stereocenters. The molecule has 0 aromatic heterocycles. The first-order chi connectivity index (χ1) is 12.7. The standard InChI is InChI=1S/C19H22N2O5S/c1-4-14-9-11-15(12-10-14)20-18(22)13(2)26-19(23)16-7-5-6-8-17(16)21-27(3,24)25/h5-13,21H,4H2,1-3H3,(H,20,22)/t13-/m1/s1. The molecule has 2 N–H and O–H groups in total. The quantitative estimate of drug-likeness (QED) is 0.708. The number of carbonyl (C=O) groups excluding carboxylic acids is 2. The highest BCUT2D eigenvalue weighted by Crippen LogP contribution is 2.18. The van der Waals surface area contributed by atoms with Gasteiger partial charge in [-0.05, 0) is 43.2 Å². The average molecular weight is 390 g/mol. The van der Waals surface area contributed by atoms with E-state index in [0.29, 0.717) is 5.69 Å². The van der Waals surface area contributed by atoms with Gasteiger partial charge in [0.2, 0.25) is 10.0 Å². The minimum atomic E-state index is -3.56. The topological polar surface area (TPSA) is 102 Å². The summed E-state index contributed by atoms with van der Waals surface area (Å²) in [4.78, 5) is 24.6. The summed E-state index contributed by atoms with van der Waals surface area (Å²) >= 11 is 0. The molecule has 0 bridgehead atoms. The molecule has 0 saturated heterocycles. The fourth-order valence-corrected chi connectivity index (χ4v) is 2.87. The van der Waals surface area contributed by atoms with Crippen molar-refractivity contribution in [3.05, 3.63) is 59.7 Å². The van der Waals surface area contributed by atoms with E-state index in [0.717, 1.165) is 18.2 Å². The van der Waals surface area contributed by atoms with Crippen molar-refractivity contribution < 1.29 is 22.7 Å². The van der Waals surface area contributed by atoms with Crippen LogP contribution in [0, 0.1) is 0 Å². The Labute approximate surface area is 158 Å². The van der Waals surface area contributed by atoms with Crippen molar-refractivity contribution >= 4 is 33.3 Å². The molecule has 2 aromatic carbocycles. The molecule has 27 heavy (non-hydrogen) atoms. The van der Waals surface area contributed by atoms with Gasteiger partial charge in [-0.25, -0.2) is 13.2 Å². The second-order valence-electron chi connectivity index (χ2n) is 6.01.